The first-order chi connectivity index (χ1) is 7.63. The lowest BCUT2D eigenvalue weighted by Crippen LogP contribution is -2.35. The molecule has 1 atom stereocenters. The average molecular weight is 218 g/mol. The number of hydrogen-bond acceptors (Lipinski definition) is 3. The van der Waals surface area contributed by atoms with Gasteiger partial charge < -0.3 is 15.2 Å². The lowest BCUT2D eigenvalue weighted by molar-refractivity contribution is 0.442. The summed E-state index contributed by atoms with van der Waals surface area (Å²) in [6.45, 7) is 4.33. The molecular weight excluding hydrogens is 200 g/mol. The number of rotatable bonds is 1. The van der Waals surface area contributed by atoms with E-state index >= 15 is 0 Å². The largest absolute Gasteiger partial charge is 0.396 e. The quantitative estimate of drug-likeness (QED) is 0.780. The van der Waals surface area contributed by atoms with Gasteiger partial charge in [-0.1, -0.05) is 6.92 Å². The van der Waals surface area contributed by atoms with Gasteiger partial charge in [-0.15, -0.1) is 0 Å². The number of anilines is 2. The van der Waals surface area contributed by atoms with Gasteiger partial charge in [0, 0.05) is 20.1 Å². The molecule has 1 aromatic rings. The molecule has 0 bridgehead atoms. The Morgan fingerprint density at radius 3 is 2.88 bits per heavy atom. The highest BCUT2D eigenvalue weighted by Crippen LogP contribution is 2.30. The molecule has 0 spiro atoms. The molecular formula is C12H18N4. The number of piperidine rings is 1. The van der Waals surface area contributed by atoms with Crippen molar-refractivity contribution in [3.8, 4) is 6.07 Å². The second kappa shape index (κ2) is 4.09. The molecule has 4 nitrogen and oxygen atoms in total. The summed E-state index contributed by atoms with van der Waals surface area (Å²) < 4.78 is 1.90. The summed E-state index contributed by atoms with van der Waals surface area (Å²) in [5.41, 5.74) is 7.33. The lowest BCUT2D eigenvalue weighted by Gasteiger charge is -2.33. The van der Waals surface area contributed by atoms with Crippen LogP contribution in [0.15, 0.2) is 6.07 Å². The van der Waals surface area contributed by atoms with Crippen molar-refractivity contribution in [2.75, 3.05) is 23.7 Å². The summed E-state index contributed by atoms with van der Waals surface area (Å²) in [6.07, 6.45) is 2.49. The SMILES string of the molecule is C[C@@H]1CCCN(c2c(N)cc(C#N)n2C)C1. The second-order valence-electron chi connectivity index (χ2n) is 4.67. The summed E-state index contributed by atoms with van der Waals surface area (Å²) in [5.74, 6) is 1.71. The Morgan fingerprint density at radius 1 is 1.56 bits per heavy atom. The van der Waals surface area contributed by atoms with E-state index in [1.165, 1.54) is 12.8 Å². The fourth-order valence-corrected chi connectivity index (χ4v) is 2.50. The summed E-state index contributed by atoms with van der Waals surface area (Å²) in [5, 5.41) is 8.96. The number of nitrogen functional groups attached to an aromatic ring is 1. The summed E-state index contributed by atoms with van der Waals surface area (Å²) in [4.78, 5) is 2.30. The molecule has 16 heavy (non-hydrogen) atoms. The molecule has 1 aliphatic rings. The molecule has 2 heterocycles. The summed E-state index contributed by atoms with van der Waals surface area (Å²) in [6, 6.07) is 3.92. The first-order valence-corrected chi connectivity index (χ1v) is 5.73. The van der Waals surface area contributed by atoms with E-state index in [2.05, 4.69) is 17.9 Å². The van der Waals surface area contributed by atoms with Crippen LogP contribution < -0.4 is 10.6 Å². The fraction of sp³-hybridized carbons (Fsp3) is 0.583. The molecule has 1 aliphatic heterocycles. The summed E-state index contributed by atoms with van der Waals surface area (Å²) >= 11 is 0. The Kier molecular flexibility index (Phi) is 2.78. The standard InChI is InChI=1S/C12H18N4/c1-9-4-3-5-16(8-9)12-11(14)6-10(7-13)15(12)2/h6,9H,3-5,8,14H2,1-2H3/t9-/m1/s1. The first kappa shape index (κ1) is 10.9. The smallest absolute Gasteiger partial charge is 0.133 e. The molecule has 0 aliphatic carbocycles. The van der Waals surface area contributed by atoms with Crippen LogP contribution in [0.1, 0.15) is 25.5 Å². The van der Waals surface area contributed by atoms with Gasteiger partial charge in [-0.05, 0) is 24.8 Å². The van der Waals surface area contributed by atoms with E-state index < -0.39 is 0 Å². The summed E-state index contributed by atoms with van der Waals surface area (Å²) in [7, 11) is 1.91. The third-order valence-electron chi connectivity index (χ3n) is 3.30. The first-order valence-electron chi connectivity index (χ1n) is 5.73. The Hall–Kier alpha value is -1.63. The Bertz CT molecular complexity index is 427. The minimum Gasteiger partial charge on any atom is -0.396 e. The van der Waals surface area contributed by atoms with E-state index in [1.807, 2.05) is 11.6 Å². The molecule has 2 rings (SSSR count). The molecule has 0 aromatic carbocycles. The number of aromatic nitrogens is 1. The van der Waals surface area contributed by atoms with Gasteiger partial charge in [0.25, 0.3) is 0 Å². The van der Waals surface area contributed by atoms with E-state index in [1.54, 1.807) is 6.07 Å². The van der Waals surface area contributed by atoms with Crippen LogP contribution in [0, 0.1) is 17.2 Å². The van der Waals surface area contributed by atoms with Crippen molar-refractivity contribution in [2.45, 2.75) is 19.8 Å². The van der Waals surface area contributed by atoms with Gasteiger partial charge in [0.2, 0.25) is 0 Å². The van der Waals surface area contributed by atoms with Crippen LogP contribution in [0.25, 0.3) is 0 Å². The Morgan fingerprint density at radius 2 is 2.31 bits per heavy atom. The minimum atomic E-state index is 0.630. The van der Waals surface area contributed by atoms with Crippen LogP contribution in [0.2, 0.25) is 0 Å². The van der Waals surface area contributed by atoms with Gasteiger partial charge in [-0.25, -0.2) is 0 Å². The van der Waals surface area contributed by atoms with Gasteiger partial charge >= 0.3 is 0 Å². The normalized spacial score (nSPS) is 20.8. The monoisotopic (exact) mass is 218 g/mol. The van der Waals surface area contributed by atoms with Gasteiger partial charge in [-0.2, -0.15) is 5.26 Å². The van der Waals surface area contributed by atoms with Crippen molar-refractivity contribution < 1.29 is 0 Å². The third kappa shape index (κ3) is 1.73. The topological polar surface area (TPSA) is 58.0 Å². The van der Waals surface area contributed by atoms with Crippen LogP contribution in [0.3, 0.4) is 0 Å². The van der Waals surface area contributed by atoms with Crippen LogP contribution >= 0.6 is 0 Å². The number of nitrogens with zero attached hydrogens (tertiary/aromatic N) is 3. The van der Waals surface area contributed by atoms with Crippen molar-refractivity contribution in [1.29, 1.82) is 5.26 Å². The van der Waals surface area contributed by atoms with Crippen molar-refractivity contribution in [3.05, 3.63) is 11.8 Å². The zero-order chi connectivity index (χ0) is 11.7. The molecule has 0 unspecified atom stereocenters. The predicted octanol–water partition coefficient (Wildman–Crippen LogP) is 1.72. The van der Waals surface area contributed by atoms with Crippen molar-refractivity contribution >= 4 is 11.5 Å². The van der Waals surface area contributed by atoms with Crippen LogP contribution in [-0.4, -0.2) is 17.7 Å². The number of nitriles is 1. The molecule has 4 heteroatoms. The molecule has 1 aromatic heterocycles. The maximum atomic E-state index is 8.96. The maximum absolute atomic E-state index is 8.96. The van der Waals surface area contributed by atoms with Crippen LogP contribution in [0.4, 0.5) is 11.5 Å². The molecule has 2 N–H and O–H groups in total. The van der Waals surface area contributed by atoms with Crippen LogP contribution in [-0.2, 0) is 7.05 Å². The van der Waals surface area contributed by atoms with Crippen molar-refractivity contribution in [3.63, 3.8) is 0 Å². The Balaban J connectivity index is 2.33. The van der Waals surface area contributed by atoms with Gasteiger partial charge in [0.1, 0.15) is 17.6 Å². The lowest BCUT2D eigenvalue weighted by atomic mass is 10.0. The Labute approximate surface area is 96.3 Å². The van der Waals surface area contributed by atoms with E-state index in [-0.39, 0.29) is 0 Å². The van der Waals surface area contributed by atoms with E-state index in [0.29, 0.717) is 17.3 Å². The van der Waals surface area contributed by atoms with Gasteiger partial charge in [0.05, 0.1) is 5.69 Å². The zero-order valence-corrected chi connectivity index (χ0v) is 9.90. The van der Waals surface area contributed by atoms with E-state index in [4.69, 9.17) is 11.0 Å². The van der Waals surface area contributed by atoms with Gasteiger partial charge in [0.15, 0.2) is 0 Å². The fourth-order valence-electron chi connectivity index (χ4n) is 2.50. The average Bonchev–Trinajstić information content (AvgIpc) is 2.53. The minimum absolute atomic E-state index is 0.630. The second-order valence-corrected chi connectivity index (χ2v) is 4.67. The molecule has 1 saturated heterocycles. The molecule has 0 amide bonds. The molecule has 86 valence electrons. The zero-order valence-electron chi connectivity index (χ0n) is 9.90. The molecule has 0 saturated carbocycles. The number of nitrogens with two attached hydrogens (primary N) is 1. The highest BCUT2D eigenvalue weighted by molar-refractivity contribution is 5.67. The third-order valence-corrected chi connectivity index (χ3v) is 3.30. The van der Waals surface area contributed by atoms with E-state index in [9.17, 15) is 0 Å². The molecule has 0 radical (unpaired) electrons. The molecule has 1 fully saturated rings. The van der Waals surface area contributed by atoms with Crippen molar-refractivity contribution in [2.24, 2.45) is 13.0 Å². The van der Waals surface area contributed by atoms with E-state index in [0.717, 1.165) is 18.9 Å². The highest BCUT2D eigenvalue weighted by Gasteiger charge is 2.22. The van der Waals surface area contributed by atoms with Crippen molar-refractivity contribution in [1.82, 2.24) is 4.57 Å². The predicted molar refractivity (Wildman–Crippen MR) is 65.2 cm³/mol. The van der Waals surface area contributed by atoms with Gasteiger partial charge in [-0.3, -0.25) is 0 Å². The van der Waals surface area contributed by atoms with Crippen LogP contribution in [0.5, 0.6) is 0 Å². The maximum Gasteiger partial charge on any atom is 0.133 e. The highest BCUT2D eigenvalue weighted by atomic mass is 15.2. The number of hydrogen-bond donors (Lipinski definition) is 1.